The zero-order valence-electron chi connectivity index (χ0n) is 11.7. The number of piperidine rings is 2. The summed E-state index contributed by atoms with van der Waals surface area (Å²) in [6, 6.07) is 12.9. The first-order chi connectivity index (χ1) is 9.45. The van der Waals surface area contributed by atoms with Gasteiger partial charge in [0, 0.05) is 25.2 Å². The average molecular weight is 256 g/mol. The van der Waals surface area contributed by atoms with Crippen LogP contribution >= 0.6 is 0 Å². The van der Waals surface area contributed by atoms with E-state index < -0.39 is 0 Å². The third kappa shape index (κ3) is 1.93. The van der Waals surface area contributed by atoms with Crippen molar-refractivity contribution in [1.29, 1.82) is 0 Å². The minimum Gasteiger partial charge on any atom is -0.280 e. The predicted molar refractivity (Wildman–Crippen MR) is 77.9 cm³/mol. The Morgan fingerprint density at radius 1 is 0.737 bits per heavy atom. The summed E-state index contributed by atoms with van der Waals surface area (Å²) in [7, 11) is 0. The second kappa shape index (κ2) is 4.92. The third-order valence-corrected chi connectivity index (χ3v) is 5.35. The molecule has 2 nitrogen and oxygen atoms in total. The van der Waals surface area contributed by atoms with E-state index in [1.807, 2.05) is 0 Å². The highest BCUT2D eigenvalue weighted by molar-refractivity contribution is 5.22. The zero-order valence-corrected chi connectivity index (χ0v) is 11.7. The van der Waals surface area contributed by atoms with Crippen LogP contribution in [0.1, 0.15) is 50.3 Å². The molecule has 3 aliphatic heterocycles. The van der Waals surface area contributed by atoms with Gasteiger partial charge in [-0.25, -0.2) is 0 Å². The molecule has 0 N–H and O–H groups in total. The molecule has 0 saturated carbocycles. The maximum Gasteiger partial charge on any atom is 0.0892 e. The smallest absolute Gasteiger partial charge is 0.0892 e. The summed E-state index contributed by atoms with van der Waals surface area (Å²) >= 11 is 0. The lowest BCUT2D eigenvalue weighted by Gasteiger charge is -2.35. The summed E-state index contributed by atoms with van der Waals surface area (Å²) in [6.07, 6.45) is 9.06. The van der Waals surface area contributed by atoms with Crippen molar-refractivity contribution in [3.05, 3.63) is 35.9 Å². The Morgan fingerprint density at radius 2 is 1.32 bits per heavy atom. The lowest BCUT2D eigenvalue weighted by Crippen LogP contribution is -2.41. The number of hydrogen-bond acceptors (Lipinski definition) is 2. The molecule has 2 atom stereocenters. The lowest BCUT2D eigenvalue weighted by atomic mass is 9.92. The Balaban J connectivity index is 1.71. The second-order valence-corrected chi connectivity index (χ2v) is 6.39. The molecule has 0 aromatic heterocycles. The van der Waals surface area contributed by atoms with Gasteiger partial charge in [0.05, 0.1) is 6.17 Å². The van der Waals surface area contributed by atoms with E-state index in [-0.39, 0.29) is 0 Å². The highest BCUT2D eigenvalue weighted by Gasteiger charge is 2.48. The van der Waals surface area contributed by atoms with Gasteiger partial charge in [-0.2, -0.15) is 0 Å². The number of hydrogen-bond donors (Lipinski definition) is 0. The fraction of sp³-hybridized carbons (Fsp3) is 0.647. The van der Waals surface area contributed by atoms with E-state index in [2.05, 4.69) is 40.1 Å². The Labute approximate surface area is 116 Å². The first kappa shape index (κ1) is 11.9. The van der Waals surface area contributed by atoms with Gasteiger partial charge in [-0.15, -0.1) is 0 Å². The molecular weight excluding hydrogens is 232 g/mol. The summed E-state index contributed by atoms with van der Waals surface area (Å²) in [6.45, 7) is 2.61. The first-order valence-electron chi connectivity index (χ1n) is 8.01. The number of nitrogens with zero attached hydrogens (tertiary/aromatic N) is 2. The molecular formula is C17H24N2. The van der Waals surface area contributed by atoms with Gasteiger partial charge < -0.3 is 0 Å². The van der Waals surface area contributed by atoms with Crippen LogP contribution in [0.4, 0.5) is 0 Å². The molecule has 3 heterocycles. The van der Waals surface area contributed by atoms with Gasteiger partial charge in [-0.1, -0.05) is 43.2 Å². The van der Waals surface area contributed by atoms with E-state index in [0.717, 1.165) is 12.1 Å². The summed E-state index contributed by atoms with van der Waals surface area (Å²) in [5.74, 6) is 0. The van der Waals surface area contributed by atoms with E-state index in [0.29, 0.717) is 6.17 Å². The number of rotatable bonds is 1. The lowest BCUT2D eigenvalue weighted by molar-refractivity contribution is 0.0910. The summed E-state index contributed by atoms with van der Waals surface area (Å²) in [5.41, 5.74) is 1.51. The molecule has 0 radical (unpaired) electrons. The van der Waals surface area contributed by atoms with Gasteiger partial charge in [0.25, 0.3) is 0 Å². The average Bonchev–Trinajstić information content (AvgIpc) is 2.83. The molecule has 0 bridgehead atoms. The second-order valence-electron chi connectivity index (χ2n) is 6.39. The molecule has 4 rings (SSSR count). The quantitative estimate of drug-likeness (QED) is 0.760. The maximum absolute atomic E-state index is 2.81. The van der Waals surface area contributed by atoms with Crippen LogP contribution in [0.5, 0.6) is 0 Å². The van der Waals surface area contributed by atoms with Crippen LogP contribution in [0.3, 0.4) is 0 Å². The molecule has 3 saturated heterocycles. The molecule has 0 aliphatic carbocycles. The van der Waals surface area contributed by atoms with Crippen LogP contribution in [0, 0.1) is 0 Å². The molecule has 3 aliphatic rings. The molecule has 2 heteroatoms. The van der Waals surface area contributed by atoms with Crippen LogP contribution in [0.25, 0.3) is 0 Å². The number of benzene rings is 1. The first-order valence-corrected chi connectivity index (χ1v) is 8.01. The molecule has 0 unspecified atom stereocenters. The van der Waals surface area contributed by atoms with Crippen molar-refractivity contribution in [3.8, 4) is 0 Å². The van der Waals surface area contributed by atoms with E-state index in [4.69, 9.17) is 0 Å². The predicted octanol–water partition coefficient (Wildman–Crippen LogP) is 3.41. The van der Waals surface area contributed by atoms with Crippen molar-refractivity contribution in [2.24, 2.45) is 0 Å². The normalized spacial score (nSPS) is 33.1. The zero-order chi connectivity index (χ0) is 12.7. The largest absolute Gasteiger partial charge is 0.280 e. The van der Waals surface area contributed by atoms with E-state index >= 15 is 0 Å². The van der Waals surface area contributed by atoms with Gasteiger partial charge in [-0.05, 0) is 31.2 Å². The van der Waals surface area contributed by atoms with Crippen molar-refractivity contribution >= 4 is 0 Å². The van der Waals surface area contributed by atoms with Gasteiger partial charge in [0.15, 0.2) is 0 Å². The summed E-state index contributed by atoms with van der Waals surface area (Å²) in [5, 5.41) is 0. The summed E-state index contributed by atoms with van der Waals surface area (Å²) in [4.78, 5) is 5.63. The third-order valence-electron chi connectivity index (χ3n) is 5.35. The molecule has 0 spiro atoms. The molecule has 1 aromatic carbocycles. The topological polar surface area (TPSA) is 6.48 Å². The van der Waals surface area contributed by atoms with E-state index in [1.165, 1.54) is 57.2 Å². The van der Waals surface area contributed by atoms with Crippen LogP contribution in [-0.4, -0.2) is 35.0 Å². The van der Waals surface area contributed by atoms with Crippen molar-refractivity contribution in [1.82, 2.24) is 9.80 Å². The summed E-state index contributed by atoms with van der Waals surface area (Å²) < 4.78 is 0. The monoisotopic (exact) mass is 256 g/mol. The van der Waals surface area contributed by atoms with Crippen molar-refractivity contribution in [2.75, 3.05) is 13.1 Å². The Kier molecular flexibility index (Phi) is 3.08. The Hall–Kier alpha value is -0.860. The van der Waals surface area contributed by atoms with Crippen molar-refractivity contribution in [2.45, 2.75) is 56.8 Å². The van der Waals surface area contributed by atoms with Crippen LogP contribution in [0.2, 0.25) is 0 Å². The fourth-order valence-corrected chi connectivity index (χ4v) is 4.59. The van der Waals surface area contributed by atoms with E-state index in [1.54, 1.807) is 0 Å². The molecule has 0 amide bonds. The Morgan fingerprint density at radius 3 is 1.89 bits per heavy atom. The standard InChI is InChI=1S/C17H24N2/c1-2-8-14(9-3-1)17-18-12-6-4-10-15(18)16-11-5-7-13-19(16)17/h1-3,8-9,15-17H,4-7,10-13H2/t15-,16-/m0/s1. The van der Waals surface area contributed by atoms with Gasteiger partial charge >= 0.3 is 0 Å². The van der Waals surface area contributed by atoms with Gasteiger partial charge in [-0.3, -0.25) is 9.80 Å². The van der Waals surface area contributed by atoms with Crippen molar-refractivity contribution in [3.63, 3.8) is 0 Å². The van der Waals surface area contributed by atoms with Gasteiger partial charge in [0.2, 0.25) is 0 Å². The van der Waals surface area contributed by atoms with E-state index in [9.17, 15) is 0 Å². The maximum atomic E-state index is 2.81. The minimum atomic E-state index is 0.566. The molecule has 3 fully saturated rings. The van der Waals surface area contributed by atoms with Crippen LogP contribution in [-0.2, 0) is 0 Å². The Bertz CT molecular complexity index is 408. The van der Waals surface area contributed by atoms with Crippen LogP contribution in [0.15, 0.2) is 30.3 Å². The van der Waals surface area contributed by atoms with Gasteiger partial charge in [0.1, 0.15) is 0 Å². The minimum absolute atomic E-state index is 0.566. The highest BCUT2D eigenvalue weighted by Crippen LogP contribution is 2.44. The highest BCUT2D eigenvalue weighted by atomic mass is 15.5. The number of fused-ring (bicyclic) bond motifs is 3. The van der Waals surface area contributed by atoms with Crippen LogP contribution < -0.4 is 0 Å². The SMILES string of the molecule is c1ccc(C2N3CCCC[C@H]3[C@@H]3CCCCN23)cc1. The fourth-order valence-electron chi connectivity index (χ4n) is 4.59. The van der Waals surface area contributed by atoms with Crippen molar-refractivity contribution < 1.29 is 0 Å². The molecule has 102 valence electrons. The molecule has 1 aromatic rings. The molecule has 19 heavy (non-hydrogen) atoms.